The number of thioether (sulfide) groups is 1. The van der Waals surface area contributed by atoms with Gasteiger partial charge in [-0.05, 0) is 37.9 Å². The fourth-order valence-corrected chi connectivity index (χ4v) is 3.95. The first-order valence-electron chi connectivity index (χ1n) is 6.57. The fourth-order valence-electron chi connectivity index (χ4n) is 2.70. The smallest absolute Gasteiger partial charge is 0.141 e. The molecule has 17 heavy (non-hydrogen) atoms. The SMILES string of the molecule is NC1CCCc2nc(C3CCCCS3)ncc21. The van der Waals surface area contributed by atoms with Gasteiger partial charge in [-0.25, -0.2) is 9.97 Å². The highest BCUT2D eigenvalue weighted by molar-refractivity contribution is 7.99. The summed E-state index contributed by atoms with van der Waals surface area (Å²) < 4.78 is 0. The molecular weight excluding hydrogens is 230 g/mol. The molecule has 1 saturated heterocycles. The number of aromatic nitrogens is 2. The van der Waals surface area contributed by atoms with Gasteiger partial charge in [0.15, 0.2) is 0 Å². The van der Waals surface area contributed by atoms with Crippen LogP contribution in [0.5, 0.6) is 0 Å². The highest BCUT2D eigenvalue weighted by Gasteiger charge is 2.23. The molecule has 2 atom stereocenters. The van der Waals surface area contributed by atoms with Crippen molar-refractivity contribution in [2.45, 2.75) is 49.8 Å². The third-order valence-electron chi connectivity index (χ3n) is 3.71. The number of aryl methyl sites for hydroxylation is 1. The Labute approximate surface area is 107 Å². The van der Waals surface area contributed by atoms with Gasteiger partial charge in [-0.15, -0.1) is 0 Å². The molecule has 0 aromatic carbocycles. The second-order valence-electron chi connectivity index (χ2n) is 4.98. The molecule has 4 heteroatoms. The van der Waals surface area contributed by atoms with Gasteiger partial charge in [0.2, 0.25) is 0 Å². The Hall–Kier alpha value is -0.610. The quantitative estimate of drug-likeness (QED) is 0.831. The first-order valence-corrected chi connectivity index (χ1v) is 7.62. The maximum Gasteiger partial charge on any atom is 0.141 e. The lowest BCUT2D eigenvalue weighted by molar-refractivity contribution is 0.549. The van der Waals surface area contributed by atoms with E-state index in [4.69, 9.17) is 10.7 Å². The number of nitrogens with zero attached hydrogens (tertiary/aromatic N) is 2. The molecule has 0 amide bonds. The topological polar surface area (TPSA) is 51.8 Å². The van der Waals surface area contributed by atoms with Crippen LogP contribution in [-0.2, 0) is 6.42 Å². The van der Waals surface area contributed by atoms with Crippen LogP contribution < -0.4 is 5.73 Å². The van der Waals surface area contributed by atoms with Gasteiger partial charge in [-0.3, -0.25) is 0 Å². The zero-order valence-corrected chi connectivity index (χ0v) is 10.9. The Kier molecular flexibility index (Phi) is 3.34. The predicted octanol–water partition coefficient (Wildman–Crippen LogP) is 2.77. The van der Waals surface area contributed by atoms with E-state index < -0.39 is 0 Å². The Morgan fingerprint density at radius 2 is 2.18 bits per heavy atom. The highest BCUT2D eigenvalue weighted by atomic mass is 32.2. The normalized spacial score (nSPS) is 28.8. The van der Waals surface area contributed by atoms with E-state index in [9.17, 15) is 0 Å². The molecule has 0 bridgehead atoms. The summed E-state index contributed by atoms with van der Waals surface area (Å²) in [5.74, 6) is 2.30. The molecule has 0 spiro atoms. The van der Waals surface area contributed by atoms with Crippen molar-refractivity contribution in [1.82, 2.24) is 9.97 Å². The molecule has 1 aromatic heterocycles. The second-order valence-corrected chi connectivity index (χ2v) is 6.29. The second kappa shape index (κ2) is 4.94. The number of nitrogens with two attached hydrogens (primary N) is 1. The molecule has 2 aliphatic rings. The Morgan fingerprint density at radius 3 is 3.00 bits per heavy atom. The zero-order valence-electron chi connectivity index (χ0n) is 10.1. The minimum atomic E-state index is 0.159. The van der Waals surface area contributed by atoms with Gasteiger partial charge in [-0.1, -0.05) is 6.42 Å². The molecular formula is C13H19N3S. The number of rotatable bonds is 1. The van der Waals surface area contributed by atoms with Crippen LogP contribution in [0.1, 0.15) is 60.5 Å². The van der Waals surface area contributed by atoms with E-state index in [2.05, 4.69) is 4.98 Å². The molecule has 0 saturated carbocycles. The van der Waals surface area contributed by atoms with Crippen LogP contribution in [0.3, 0.4) is 0 Å². The van der Waals surface area contributed by atoms with Crippen molar-refractivity contribution in [3.8, 4) is 0 Å². The van der Waals surface area contributed by atoms with Crippen LogP contribution in [0.25, 0.3) is 0 Å². The van der Waals surface area contributed by atoms with E-state index in [1.54, 1.807) is 0 Å². The molecule has 1 fully saturated rings. The van der Waals surface area contributed by atoms with Crippen molar-refractivity contribution in [3.05, 3.63) is 23.3 Å². The van der Waals surface area contributed by atoms with Crippen LogP contribution in [0, 0.1) is 0 Å². The molecule has 2 heterocycles. The minimum absolute atomic E-state index is 0.159. The van der Waals surface area contributed by atoms with Crippen LogP contribution in [0.4, 0.5) is 0 Å². The van der Waals surface area contributed by atoms with E-state index in [0.29, 0.717) is 5.25 Å². The fraction of sp³-hybridized carbons (Fsp3) is 0.692. The summed E-state index contributed by atoms with van der Waals surface area (Å²) in [5.41, 5.74) is 8.48. The summed E-state index contributed by atoms with van der Waals surface area (Å²) in [6.07, 6.45) is 9.20. The Bertz CT molecular complexity index is 402. The van der Waals surface area contributed by atoms with Crippen molar-refractivity contribution >= 4 is 11.8 Å². The van der Waals surface area contributed by atoms with Crippen molar-refractivity contribution in [1.29, 1.82) is 0 Å². The first kappa shape index (κ1) is 11.5. The van der Waals surface area contributed by atoms with E-state index in [1.807, 2.05) is 18.0 Å². The van der Waals surface area contributed by atoms with E-state index in [1.165, 1.54) is 42.7 Å². The number of fused-ring (bicyclic) bond motifs is 1. The lowest BCUT2D eigenvalue weighted by Crippen LogP contribution is -2.20. The summed E-state index contributed by atoms with van der Waals surface area (Å²) in [6, 6.07) is 0.159. The van der Waals surface area contributed by atoms with E-state index in [0.717, 1.165) is 18.7 Å². The van der Waals surface area contributed by atoms with Crippen molar-refractivity contribution in [3.63, 3.8) is 0 Å². The summed E-state index contributed by atoms with van der Waals surface area (Å²) in [6.45, 7) is 0. The third kappa shape index (κ3) is 2.33. The van der Waals surface area contributed by atoms with Gasteiger partial charge < -0.3 is 5.73 Å². The van der Waals surface area contributed by atoms with Crippen LogP contribution in [0.2, 0.25) is 0 Å². The average molecular weight is 249 g/mol. The monoisotopic (exact) mass is 249 g/mol. The molecule has 92 valence electrons. The summed E-state index contributed by atoms with van der Waals surface area (Å²) in [7, 11) is 0. The largest absolute Gasteiger partial charge is 0.324 e. The molecule has 1 aliphatic heterocycles. The van der Waals surface area contributed by atoms with Crippen molar-refractivity contribution in [2.24, 2.45) is 5.73 Å². The molecule has 2 unspecified atom stereocenters. The average Bonchev–Trinajstić information content (AvgIpc) is 2.40. The van der Waals surface area contributed by atoms with Crippen LogP contribution >= 0.6 is 11.8 Å². The van der Waals surface area contributed by atoms with Gasteiger partial charge in [0.05, 0.1) is 5.25 Å². The Balaban J connectivity index is 1.86. The molecule has 1 aromatic rings. The lowest BCUT2D eigenvalue weighted by Gasteiger charge is -2.24. The molecule has 3 rings (SSSR count). The minimum Gasteiger partial charge on any atom is -0.324 e. The maximum atomic E-state index is 6.09. The molecule has 1 aliphatic carbocycles. The standard InChI is InChI=1S/C13H19N3S/c14-10-4-3-5-11-9(10)8-15-13(16-11)12-6-1-2-7-17-12/h8,10,12H,1-7,14H2. The lowest BCUT2D eigenvalue weighted by atomic mass is 9.93. The third-order valence-corrected chi connectivity index (χ3v) is 5.09. The van der Waals surface area contributed by atoms with E-state index >= 15 is 0 Å². The van der Waals surface area contributed by atoms with Gasteiger partial charge in [-0.2, -0.15) is 11.8 Å². The summed E-state index contributed by atoms with van der Waals surface area (Å²) >= 11 is 2.01. The predicted molar refractivity (Wildman–Crippen MR) is 70.9 cm³/mol. The molecule has 2 N–H and O–H groups in total. The summed E-state index contributed by atoms with van der Waals surface area (Å²) in [5, 5.41) is 0.521. The summed E-state index contributed by atoms with van der Waals surface area (Å²) in [4.78, 5) is 9.33. The molecule has 0 radical (unpaired) electrons. The highest BCUT2D eigenvalue weighted by Crippen LogP contribution is 2.37. The van der Waals surface area contributed by atoms with Crippen molar-refractivity contribution < 1.29 is 0 Å². The van der Waals surface area contributed by atoms with Gasteiger partial charge in [0, 0.05) is 23.5 Å². The Morgan fingerprint density at radius 1 is 1.24 bits per heavy atom. The maximum absolute atomic E-state index is 6.09. The van der Waals surface area contributed by atoms with Crippen molar-refractivity contribution in [2.75, 3.05) is 5.75 Å². The van der Waals surface area contributed by atoms with Crippen LogP contribution in [0.15, 0.2) is 6.20 Å². The zero-order chi connectivity index (χ0) is 11.7. The number of hydrogen-bond donors (Lipinski definition) is 1. The van der Waals surface area contributed by atoms with Gasteiger partial charge in [0.1, 0.15) is 5.82 Å². The number of hydrogen-bond acceptors (Lipinski definition) is 4. The van der Waals surface area contributed by atoms with E-state index in [-0.39, 0.29) is 6.04 Å². The van der Waals surface area contributed by atoms with Gasteiger partial charge in [0.25, 0.3) is 0 Å². The molecule has 3 nitrogen and oxygen atoms in total. The first-order chi connectivity index (χ1) is 8.34. The van der Waals surface area contributed by atoms with Crippen LogP contribution in [-0.4, -0.2) is 15.7 Å². The van der Waals surface area contributed by atoms with Gasteiger partial charge >= 0.3 is 0 Å².